The van der Waals surface area contributed by atoms with Crippen molar-refractivity contribution in [3.05, 3.63) is 0 Å². The van der Waals surface area contributed by atoms with Gasteiger partial charge < -0.3 is 19.6 Å². The first kappa shape index (κ1) is 20.6. The average molecular weight is 304 g/mol. The second kappa shape index (κ2) is 7.18. The summed E-state index contributed by atoms with van der Waals surface area (Å²) < 4.78 is 20.8. The predicted molar refractivity (Wildman–Crippen MR) is 72.7 cm³/mol. The summed E-state index contributed by atoms with van der Waals surface area (Å²) in [6, 6.07) is 0. The van der Waals surface area contributed by atoms with Crippen LogP contribution in [0, 0.1) is 11.8 Å². The summed E-state index contributed by atoms with van der Waals surface area (Å²) >= 11 is 0. The van der Waals surface area contributed by atoms with Crippen LogP contribution in [0.25, 0.3) is 0 Å². The molecule has 0 bridgehead atoms. The van der Waals surface area contributed by atoms with Crippen molar-refractivity contribution in [2.75, 3.05) is 6.16 Å². The molecule has 0 saturated carbocycles. The highest BCUT2D eigenvalue weighted by molar-refractivity contribution is 7.53. The molecule has 0 aliphatic rings. The number of hydrogen-bond acceptors (Lipinski definition) is 2. The molecule has 0 saturated heterocycles. The van der Waals surface area contributed by atoms with E-state index < -0.39 is 20.3 Å². The maximum atomic E-state index is 10.4. The zero-order valence-corrected chi connectivity index (χ0v) is 13.7. The molecular weight excluding hydrogens is 278 g/mol. The lowest BCUT2D eigenvalue weighted by Gasteiger charge is -2.18. The predicted octanol–water partition coefficient (Wildman–Crippen LogP) is 2.42. The van der Waals surface area contributed by atoms with Gasteiger partial charge in [0.1, 0.15) is 0 Å². The Morgan fingerprint density at radius 1 is 0.944 bits per heavy atom. The van der Waals surface area contributed by atoms with Gasteiger partial charge in [-0.3, -0.25) is 9.13 Å². The molecule has 0 amide bonds. The van der Waals surface area contributed by atoms with Crippen molar-refractivity contribution in [2.45, 2.75) is 46.7 Å². The van der Waals surface area contributed by atoms with Crippen molar-refractivity contribution in [2.24, 2.45) is 11.8 Å². The smallest absolute Gasteiger partial charge is 0.324 e. The van der Waals surface area contributed by atoms with Crippen molar-refractivity contribution in [1.29, 1.82) is 0 Å². The van der Waals surface area contributed by atoms with E-state index in [0.29, 0.717) is 5.92 Å². The van der Waals surface area contributed by atoms with E-state index in [1.54, 1.807) is 0 Å². The van der Waals surface area contributed by atoms with Gasteiger partial charge in [-0.25, -0.2) is 0 Å². The molecule has 4 N–H and O–H groups in total. The van der Waals surface area contributed by atoms with Crippen molar-refractivity contribution in [3.63, 3.8) is 0 Å². The Morgan fingerprint density at radius 2 is 1.22 bits per heavy atom. The Bertz CT molecular complexity index is 322. The SMILES string of the molecule is CC(C)(C)P(=O)(O)O.CC(C)C(C)CP(=O)(O)O. The van der Waals surface area contributed by atoms with Crippen molar-refractivity contribution >= 4 is 15.2 Å². The van der Waals surface area contributed by atoms with Crippen LogP contribution < -0.4 is 0 Å². The van der Waals surface area contributed by atoms with Gasteiger partial charge in [-0.2, -0.15) is 0 Å². The highest BCUT2D eigenvalue weighted by Crippen LogP contribution is 2.49. The fourth-order valence-corrected chi connectivity index (χ4v) is 1.76. The van der Waals surface area contributed by atoms with Crippen LogP contribution in [-0.2, 0) is 9.13 Å². The van der Waals surface area contributed by atoms with Crippen LogP contribution in [0.5, 0.6) is 0 Å². The summed E-state index contributed by atoms with van der Waals surface area (Å²) in [6.07, 6.45) is 0.00463. The van der Waals surface area contributed by atoms with Gasteiger partial charge in [-0.05, 0) is 32.6 Å². The summed E-state index contributed by atoms with van der Waals surface area (Å²) in [6.45, 7) is 10.3. The third-order valence-corrected chi connectivity index (χ3v) is 5.34. The van der Waals surface area contributed by atoms with Crippen LogP contribution in [-0.4, -0.2) is 30.9 Å². The molecular formula is C10H26O6P2. The Labute approximate surface area is 109 Å². The van der Waals surface area contributed by atoms with Crippen molar-refractivity contribution in [3.8, 4) is 0 Å². The van der Waals surface area contributed by atoms with Gasteiger partial charge in [0.25, 0.3) is 0 Å². The van der Waals surface area contributed by atoms with Gasteiger partial charge >= 0.3 is 15.2 Å². The van der Waals surface area contributed by atoms with Crippen LogP contribution in [0.15, 0.2) is 0 Å². The van der Waals surface area contributed by atoms with Crippen LogP contribution in [0.3, 0.4) is 0 Å². The standard InChI is InChI=1S/C6H15O3P.C4H11O3P/c1-5(2)6(3)4-10(7,8)9;1-4(2,3)8(5,6)7/h5-6H,4H2,1-3H3,(H2,7,8,9);1-3H3,(H2,5,6,7). The van der Waals surface area contributed by atoms with Crippen molar-refractivity contribution in [1.82, 2.24) is 0 Å². The molecule has 0 heterocycles. The highest BCUT2D eigenvalue weighted by Gasteiger charge is 2.31. The maximum Gasteiger partial charge on any atom is 0.330 e. The molecule has 0 aromatic carbocycles. The van der Waals surface area contributed by atoms with Crippen LogP contribution in [0.2, 0.25) is 0 Å². The fourth-order valence-electron chi connectivity index (χ4n) is 0.586. The Hall–Kier alpha value is 0.300. The van der Waals surface area contributed by atoms with E-state index in [1.807, 2.05) is 20.8 Å². The van der Waals surface area contributed by atoms with Crippen LogP contribution >= 0.6 is 15.2 Å². The first-order chi connectivity index (χ1) is 7.58. The summed E-state index contributed by atoms with van der Waals surface area (Å²) in [5.41, 5.74) is 0. The zero-order valence-electron chi connectivity index (χ0n) is 11.9. The molecule has 8 heteroatoms. The molecule has 0 aliphatic carbocycles. The molecule has 0 aliphatic heterocycles. The molecule has 0 spiro atoms. The van der Waals surface area contributed by atoms with E-state index in [0.717, 1.165) is 0 Å². The van der Waals surface area contributed by atoms with E-state index in [9.17, 15) is 9.13 Å². The van der Waals surface area contributed by atoms with Gasteiger partial charge in [0.05, 0.1) is 11.3 Å². The van der Waals surface area contributed by atoms with Crippen LogP contribution in [0.4, 0.5) is 0 Å². The minimum atomic E-state index is -3.85. The van der Waals surface area contributed by atoms with Gasteiger partial charge in [0.15, 0.2) is 0 Å². The largest absolute Gasteiger partial charge is 0.330 e. The van der Waals surface area contributed by atoms with Gasteiger partial charge in [0.2, 0.25) is 0 Å². The molecule has 0 aromatic heterocycles. The van der Waals surface area contributed by atoms with Crippen LogP contribution in [0.1, 0.15) is 41.5 Å². The summed E-state index contributed by atoms with van der Waals surface area (Å²) in [7, 11) is -7.63. The monoisotopic (exact) mass is 304 g/mol. The topological polar surface area (TPSA) is 115 Å². The zero-order chi connectivity index (χ0) is 15.4. The molecule has 6 nitrogen and oxygen atoms in total. The lowest BCUT2D eigenvalue weighted by molar-refractivity contribution is 0.342. The van der Waals surface area contributed by atoms with E-state index in [1.165, 1.54) is 20.8 Å². The highest BCUT2D eigenvalue weighted by atomic mass is 31.2. The molecule has 1 unspecified atom stereocenters. The van der Waals surface area contributed by atoms with Gasteiger partial charge in [-0.15, -0.1) is 0 Å². The molecule has 0 aromatic rings. The van der Waals surface area contributed by atoms with Gasteiger partial charge in [0, 0.05) is 0 Å². The Kier molecular flexibility index (Phi) is 8.22. The van der Waals surface area contributed by atoms with Gasteiger partial charge in [-0.1, -0.05) is 20.8 Å². The number of rotatable bonds is 3. The first-order valence-corrected chi connectivity index (χ1v) is 9.09. The quantitative estimate of drug-likeness (QED) is 0.595. The third kappa shape index (κ3) is 11.4. The molecule has 0 radical (unpaired) electrons. The van der Waals surface area contributed by atoms with E-state index in [4.69, 9.17) is 19.6 Å². The molecule has 18 heavy (non-hydrogen) atoms. The maximum absolute atomic E-state index is 10.4. The van der Waals surface area contributed by atoms with E-state index >= 15 is 0 Å². The minimum Gasteiger partial charge on any atom is -0.324 e. The summed E-state index contributed by atoms with van der Waals surface area (Å²) in [4.78, 5) is 34.0. The molecule has 112 valence electrons. The molecule has 1 atom stereocenters. The fraction of sp³-hybridized carbons (Fsp3) is 1.00. The first-order valence-electron chi connectivity index (χ1n) is 5.68. The Morgan fingerprint density at radius 3 is 1.28 bits per heavy atom. The Balaban J connectivity index is 0. The normalized spacial score (nSPS) is 15.1. The van der Waals surface area contributed by atoms with E-state index in [-0.39, 0.29) is 12.1 Å². The third-order valence-electron chi connectivity index (χ3n) is 2.54. The molecule has 0 fully saturated rings. The lowest BCUT2D eigenvalue weighted by atomic mass is 10.0. The molecule has 0 rings (SSSR count). The lowest BCUT2D eigenvalue weighted by Crippen LogP contribution is -2.13. The average Bonchev–Trinajstić information content (AvgIpc) is 1.97. The van der Waals surface area contributed by atoms with Crippen molar-refractivity contribution < 1.29 is 28.7 Å². The second-order valence-corrected chi connectivity index (χ2v) is 9.91. The number of hydrogen-bond donors (Lipinski definition) is 4. The minimum absolute atomic E-state index is 0.00463. The summed E-state index contributed by atoms with van der Waals surface area (Å²) in [5.74, 6) is 0.438. The summed E-state index contributed by atoms with van der Waals surface area (Å²) in [5, 5.41) is -0.896. The second-order valence-electron chi connectivity index (χ2n) is 5.78. The van der Waals surface area contributed by atoms with E-state index in [2.05, 4.69) is 0 Å².